The van der Waals surface area contributed by atoms with Gasteiger partial charge < -0.3 is 14.6 Å². The molecule has 0 spiro atoms. The van der Waals surface area contributed by atoms with Crippen molar-refractivity contribution in [1.82, 2.24) is 19.6 Å². The van der Waals surface area contributed by atoms with E-state index in [0.29, 0.717) is 6.04 Å². The van der Waals surface area contributed by atoms with Crippen LogP contribution in [0.3, 0.4) is 0 Å². The zero-order valence-corrected chi connectivity index (χ0v) is 19.8. The molecule has 0 amide bonds. The Labute approximate surface area is 196 Å². The van der Waals surface area contributed by atoms with E-state index in [2.05, 4.69) is 52.2 Å². The van der Waals surface area contributed by atoms with Crippen LogP contribution >= 0.6 is 0 Å². The van der Waals surface area contributed by atoms with Crippen LogP contribution in [0.4, 0.5) is 0 Å². The van der Waals surface area contributed by atoms with E-state index in [4.69, 9.17) is 9.47 Å². The molecule has 33 heavy (non-hydrogen) atoms. The van der Waals surface area contributed by atoms with Crippen LogP contribution in [0, 0.1) is 6.92 Å². The predicted molar refractivity (Wildman–Crippen MR) is 129 cm³/mol. The van der Waals surface area contributed by atoms with Gasteiger partial charge >= 0.3 is 0 Å². The van der Waals surface area contributed by atoms with Crippen molar-refractivity contribution in [2.24, 2.45) is 0 Å². The summed E-state index contributed by atoms with van der Waals surface area (Å²) < 4.78 is 12.8. The molecule has 176 valence electrons. The topological polar surface area (TPSA) is 63.0 Å². The molecule has 1 fully saturated rings. The van der Waals surface area contributed by atoms with Crippen LogP contribution in [0.5, 0.6) is 11.5 Å². The summed E-state index contributed by atoms with van der Waals surface area (Å²) in [7, 11) is 3.35. The largest absolute Gasteiger partial charge is 0.497 e. The first kappa shape index (κ1) is 23.3. The average molecular weight is 451 g/mol. The number of ether oxygens (including phenoxy) is 2. The molecule has 4 rings (SSSR count). The Morgan fingerprint density at radius 2 is 1.82 bits per heavy atom. The number of piperazine rings is 1. The Morgan fingerprint density at radius 3 is 2.45 bits per heavy atom. The molecule has 1 N–H and O–H groups in total. The van der Waals surface area contributed by atoms with Gasteiger partial charge in [-0.05, 0) is 60.4 Å². The molecule has 3 aromatic rings. The molecule has 2 heterocycles. The SMILES string of the molecule is COc1cc(CN2CCN(Cc3ccc(-n4cccn4)cc3C)C[C@H]2CCO)cc(OC)c1. The summed E-state index contributed by atoms with van der Waals surface area (Å²) in [5.74, 6) is 1.60. The molecular formula is C26H34N4O3. The lowest BCUT2D eigenvalue weighted by Crippen LogP contribution is -2.52. The molecule has 1 aliphatic heterocycles. The summed E-state index contributed by atoms with van der Waals surface area (Å²) >= 11 is 0. The number of methoxy groups -OCH3 is 2. The third-order valence-electron chi connectivity index (χ3n) is 6.44. The first-order chi connectivity index (χ1) is 16.1. The summed E-state index contributed by atoms with van der Waals surface area (Å²) in [6.07, 6.45) is 4.52. The standard InChI is InChI=1S/C26H34N4O3/c1-20-13-23(30-9-4-8-27-30)6-5-22(20)18-28-10-11-29(24(19-28)7-12-31)17-21-14-25(32-2)16-26(15-21)33-3/h4-6,8-9,13-16,24,31H,7,10-12,17-19H2,1-3H3/t24-/m1/s1. The Balaban J connectivity index is 1.43. The quantitative estimate of drug-likeness (QED) is 0.540. The van der Waals surface area contributed by atoms with Crippen LogP contribution in [-0.4, -0.2) is 71.2 Å². The average Bonchev–Trinajstić information content (AvgIpc) is 3.37. The number of aliphatic hydroxyl groups is 1. The van der Waals surface area contributed by atoms with Crippen molar-refractivity contribution in [2.75, 3.05) is 40.5 Å². The smallest absolute Gasteiger partial charge is 0.122 e. The van der Waals surface area contributed by atoms with Crippen LogP contribution in [0.25, 0.3) is 5.69 Å². The molecule has 2 aromatic carbocycles. The number of aromatic nitrogens is 2. The first-order valence-corrected chi connectivity index (χ1v) is 11.5. The number of hydrogen-bond donors (Lipinski definition) is 1. The molecule has 0 saturated carbocycles. The van der Waals surface area contributed by atoms with Gasteiger partial charge in [0.25, 0.3) is 0 Å². The van der Waals surface area contributed by atoms with Crippen LogP contribution in [0.1, 0.15) is 23.1 Å². The van der Waals surface area contributed by atoms with Crippen molar-refractivity contribution in [3.8, 4) is 17.2 Å². The molecule has 1 aliphatic rings. The third-order valence-corrected chi connectivity index (χ3v) is 6.44. The molecular weight excluding hydrogens is 416 g/mol. The van der Waals surface area contributed by atoms with E-state index in [-0.39, 0.29) is 6.61 Å². The fourth-order valence-electron chi connectivity index (χ4n) is 4.59. The van der Waals surface area contributed by atoms with E-state index in [1.165, 1.54) is 11.1 Å². The van der Waals surface area contributed by atoms with Gasteiger partial charge in [-0.2, -0.15) is 5.10 Å². The normalized spacial score (nSPS) is 17.3. The minimum absolute atomic E-state index is 0.189. The maximum Gasteiger partial charge on any atom is 0.122 e. The van der Waals surface area contributed by atoms with Crippen molar-refractivity contribution >= 4 is 0 Å². The summed E-state index contributed by atoms with van der Waals surface area (Å²) in [5, 5.41) is 14.0. The summed E-state index contributed by atoms with van der Waals surface area (Å²) in [5.41, 5.74) is 4.85. The number of hydrogen-bond acceptors (Lipinski definition) is 6. The number of nitrogens with zero attached hydrogens (tertiary/aromatic N) is 4. The van der Waals surface area contributed by atoms with Gasteiger partial charge in [0, 0.05) is 63.8 Å². The van der Waals surface area contributed by atoms with E-state index in [0.717, 1.165) is 61.9 Å². The van der Waals surface area contributed by atoms with E-state index in [9.17, 15) is 5.11 Å². The number of aryl methyl sites for hydroxylation is 1. The third kappa shape index (κ3) is 5.74. The predicted octanol–water partition coefficient (Wildman–Crippen LogP) is 3.27. The molecule has 1 saturated heterocycles. The van der Waals surface area contributed by atoms with Crippen LogP contribution in [0.2, 0.25) is 0 Å². The number of aliphatic hydroxyl groups excluding tert-OH is 1. The molecule has 0 unspecified atom stereocenters. The van der Waals surface area contributed by atoms with E-state index < -0.39 is 0 Å². The van der Waals surface area contributed by atoms with Crippen molar-refractivity contribution in [2.45, 2.75) is 32.5 Å². The Kier molecular flexibility index (Phi) is 7.65. The van der Waals surface area contributed by atoms with E-state index in [1.807, 2.05) is 23.0 Å². The second-order valence-electron chi connectivity index (χ2n) is 8.65. The molecule has 7 heteroatoms. The van der Waals surface area contributed by atoms with Gasteiger partial charge in [-0.1, -0.05) is 6.07 Å². The lowest BCUT2D eigenvalue weighted by molar-refractivity contribution is 0.0498. The lowest BCUT2D eigenvalue weighted by Gasteiger charge is -2.41. The van der Waals surface area contributed by atoms with Gasteiger partial charge in [-0.15, -0.1) is 0 Å². The molecule has 1 aromatic heterocycles. The summed E-state index contributed by atoms with van der Waals surface area (Å²) in [4.78, 5) is 4.97. The van der Waals surface area contributed by atoms with E-state index in [1.54, 1.807) is 20.4 Å². The van der Waals surface area contributed by atoms with Crippen molar-refractivity contribution in [3.63, 3.8) is 0 Å². The Bertz CT molecular complexity index is 1020. The van der Waals surface area contributed by atoms with E-state index >= 15 is 0 Å². The molecule has 1 atom stereocenters. The minimum Gasteiger partial charge on any atom is -0.497 e. The van der Waals surface area contributed by atoms with Crippen molar-refractivity contribution < 1.29 is 14.6 Å². The zero-order chi connectivity index (χ0) is 23.2. The maximum atomic E-state index is 9.71. The van der Waals surface area contributed by atoms with Gasteiger partial charge in [-0.3, -0.25) is 9.80 Å². The number of rotatable bonds is 9. The fraction of sp³-hybridized carbons (Fsp3) is 0.423. The van der Waals surface area contributed by atoms with Gasteiger partial charge in [-0.25, -0.2) is 4.68 Å². The zero-order valence-electron chi connectivity index (χ0n) is 19.8. The second kappa shape index (κ2) is 10.8. The van der Waals surface area contributed by atoms with Crippen LogP contribution in [-0.2, 0) is 13.1 Å². The Morgan fingerprint density at radius 1 is 1.03 bits per heavy atom. The first-order valence-electron chi connectivity index (χ1n) is 11.5. The highest BCUT2D eigenvalue weighted by atomic mass is 16.5. The molecule has 0 bridgehead atoms. The second-order valence-corrected chi connectivity index (χ2v) is 8.65. The van der Waals surface area contributed by atoms with Crippen LogP contribution in [0.15, 0.2) is 54.9 Å². The highest BCUT2D eigenvalue weighted by Crippen LogP contribution is 2.26. The van der Waals surface area contributed by atoms with Crippen molar-refractivity contribution in [1.29, 1.82) is 0 Å². The monoisotopic (exact) mass is 450 g/mol. The summed E-state index contributed by atoms with van der Waals surface area (Å²) in [6.45, 7) is 6.95. The van der Waals surface area contributed by atoms with Gasteiger partial charge in [0.2, 0.25) is 0 Å². The highest BCUT2D eigenvalue weighted by molar-refractivity contribution is 5.40. The van der Waals surface area contributed by atoms with Crippen molar-refractivity contribution in [3.05, 3.63) is 71.5 Å². The fourth-order valence-corrected chi connectivity index (χ4v) is 4.59. The minimum atomic E-state index is 0.189. The van der Waals surface area contributed by atoms with Crippen LogP contribution < -0.4 is 9.47 Å². The summed E-state index contributed by atoms with van der Waals surface area (Å²) in [6, 6.07) is 14.8. The van der Waals surface area contributed by atoms with Gasteiger partial charge in [0.15, 0.2) is 0 Å². The molecule has 0 aliphatic carbocycles. The molecule has 7 nitrogen and oxygen atoms in total. The maximum absolute atomic E-state index is 9.71. The molecule has 0 radical (unpaired) electrons. The van der Waals surface area contributed by atoms with Gasteiger partial charge in [0.05, 0.1) is 19.9 Å². The highest BCUT2D eigenvalue weighted by Gasteiger charge is 2.27. The number of benzene rings is 2. The Hall–Kier alpha value is -2.87. The lowest BCUT2D eigenvalue weighted by atomic mass is 10.0. The van der Waals surface area contributed by atoms with Gasteiger partial charge in [0.1, 0.15) is 11.5 Å².